The maximum absolute atomic E-state index is 12.1. The van der Waals surface area contributed by atoms with Crippen LogP contribution in [0.15, 0.2) is 37.6 Å². The van der Waals surface area contributed by atoms with Crippen LogP contribution in [0.5, 0.6) is 0 Å². The van der Waals surface area contributed by atoms with Crippen molar-refractivity contribution in [2.75, 3.05) is 13.1 Å². The Kier molecular flexibility index (Phi) is 4.51. The highest BCUT2D eigenvalue weighted by molar-refractivity contribution is 5.92. The van der Waals surface area contributed by atoms with Gasteiger partial charge in [-0.3, -0.25) is 9.48 Å². The Balaban J connectivity index is 2.88. The topological polar surface area (TPSA) is 38.1 Å². The molecule has 0 N–H and O–H groups in total. The van der Waals surface area contributed by atoms with Crippen molar-refractivity contribution >= 4 is 5.91 Å². The van der Waals surface area contributed by atoms with Gasteiger partial charge in [0.25, 0.3) is 5.91 Å². The van der Waals surface area contributed by atoms with E-state index in [-0.39, 0.29) is 5.91 Å². The molecular formula is C12H17N3O. The maximum Gasteiger partial charge on any atom is 0.272 e. The number of amides is 1. The van der Waals surface area contributed by atoms with Gasteiger partial charge in [-0.25, -0.2) is 0 Å². The van der Waals surface area contributed by atoms with E-state index >= 15 is 0 Å². The highest BCUT2D eigenvalue weighted by atomic mass is 16.2. The van der Waals surface area contributed by atoms with Crippen LogP contribution < -0.4 is 0 Å². The smallest absolute Gasteiger partial charge is 0.272 e. The predicted molar refractivity (Wildman–Crippen MR) is 64.2 cm³/mol. The summed E-state index contributed by atoms with van der Waals surface area (Å²) in [5.74, 6) is -0.0425. The van der Waals surface area contributed by atoms with Crippen LogP contribution in [0.2, 0.25) is 0 Å². The molecule has 16 heavy (non-hydrogen) atoms. The summed E-state index contributed by atoms with van der Waals surface area (Å²) in [6, 6.07) is 1.73. The van der Waals surface area contributed by atoms with E-state index in [1.807, 2.05) is 6.92 Å². The zero-order chi connectivity index (χ0) is 12.0. The van der Waals surface area contributed by atoms with Gasteiger partial charge in [-0.1, -0.05) is 12.2 Å². The van der Waals surface area contributed by atoms with Gasteiger partial charge in [0.15, 0.2) is 0 Å². The molecule has 0 aliphatic rings. The van der Waals surface area contributed by atoms with Gasteiger partial charge < -0.3 is 4.90 Å². The average molecular weight is 219 g/mol. The molecular weight excluding hydrogens is 202 g/mol. The number of carbonyl (C=O) groups excluding carboxylic acids is 1. The highest BCUT2D eigenvalue weighted by Crippen LogP contribution is 2.05. The molecule has 0 radical (unpaired) electrons. The van der Waals surface area contributed by atoms with Crippen LogP contribution in [-0.2, 0) is 6.54 Å². The molecule has 0 saturated carbocycles. The van der Waals surface area contributed by atoms with Gasteiger partial charge in [-0.15, -0.1) is 13.2 Å². The van der Waals surface area contributed by atoms with Crippen LogP contribution in [-0.4, -0.2) is 33.7 Å². The van der Waals surface area contributed by atoms with E-state index in [9.17, 15) is 4.79 Å². The lowest BCUT2D eigenvalue weighted by atomic mass is 10.3. The zero-order valence-corrected chi connectivity index (χ0v) is 9.59. The Morgan fingerprint density at radius 2 is 2.12 bits per heavy atom. The van der Waals surface area contributed by atoms with Gasteiger partial charge in [-0.2, -0.15) is 5.10 Å². The van der Waals surface area contributed by atoms with Crippen molar-refractivity contribution in [2.24, 2.45) is 0 Å². The summed E-state index contributed by atoms with van der Waals surface area (Å²) in [5.41, 5.74) is 0.603. The third kappa shape index (κ3) is 2.59. The number of hydrogen-bond acceptors (Lipinski definition) is 2. The molecule has 0 aromatic carbocycles. The number of nitrogens with zero attached hydrogens (tertiary/aromatic N) is 3. The lowest BCUT2D eigenvalue weighted by Crippen LogP contribution is -2.32. The van der Waals surface area contributed by atoms with Crippen LogP contribution in [0.1, 0.15) is 17.4 Å². The van der Waals surface area contributed by atoms with Crippen LogP contribution in [0.4, 0.5) is 0 Å². The quantitative estimate of drug-likeness (QED) is 0.683. The summed E-state index contributed by atoms with van der Waals surface area (Å²) in [6.07, 6.45) is 5.04. The first kappa shape index (κ1) is 12.2. The van der Waals surface area contributed by atoms with E-state index in [1.165, 1.54) is 0 Å². The van der Waals surface area contributed by atoms with Crippen molar-refractivity contribution in [1.29, 1.82) is 0 Å². The summed E-state index contributed by atoms with van der Waals surface area (Å²) in [7, 11) is 0. The summed E-state index contributed by atoms with van der Waals surface area (Å²) >= 11 is 0. The lowest BCUT2D eigenvalue weighted by molar-refractivity contribution is 0.0778. The third-order valence-corrected chi connectivity index (χ3v) is 2.22. The van der Waals surface area contributed by atoms with Gasteiger partial charge in [-0.05, 0) is 13.0 Å². The fourth-order valence-electron chi connectivity index (χ4n) is 1.48. The molecule has 1 aromatic rings. The standard InChI is InChI=1S/C12H17N3O/c1-4-9-14(10-5-2)12(16)11-7-8-13-15(11)6-3/h4-5,7-8H,1-2,6,9-10H2,3H3. The molecule has 86 valence electrons. The number of aromatic nitrogens is 2. The number of aryl methyl sites for hydroxylation is 1. The Morgan fingerprint density at radius 3 is 2.62 bits per heavy atom. The second kappa shape index (κ2) is 5.90. The summed E-state index contributed by atoms with van der Waals surface area (Å²) in [4.78, 5) is 13.8. The molecule has 1 heterocycles. The number of rotatable bonds is 6. The van der Waals surface area contributed by atoms with Gasteiger partial charge in [0.1, 0.15) is 5.69 Å². The van der Waals surface area contributed by atoms with Crippen molar-refractivity contribution in [3.63, 3.8) is 0 Å². The van der Waals surface area contributed by atoms with Crippen molar-refractivity contribution in [3.8, 4) is 0 Å². The maximum atomic E-state index is 12.1. The third-order valence-electron chi connectivity index (χ3n) is 2.22. The largest absolute Gasteiger partial charge is 0.330 e. The molecule has 0 bridgehead atoms. The number of carbonyl (C=O) groups is 1. The fourth-order valence-corrected chi connectivity index (χ4v) is 1.48. The van der Waals surface area contributed by atoms with E-state index in [1.54, 1.807) is 34.0 Å². The zero-order valence-electron chi connectivity index (χ0n) is 9.59. The average Bonchev–Trinajstić information content (AvgIpc) is 2.75. The van der Waals surface area contributed by atoms with Crippen LogP contribution in [0.25, 0.3) is 0 Å². The molecule has 0 spiro atoms. The van der Waals surface area contributed by atoms with Gasteiger partial charge in [0.2, 0.25) is 0 Å². The molecule has 0 aliphatic carbocycles. The number of hydrogen-bond donors (Lipinski definition) is 0. The van der Waals surface area contributed by atoms with E-state index in [4.69, 9.17) is 0 Å². The van der Waals surface area contributed by atoms with Crippen molar-refractivity contribution in [3.05, 3.63) is 43.3 Å². The monoisotopic (exact) mass is 219 g/mol. The normalized spacial score (nSPS) is 9.81. The summed E-state index contributed by atoms with van der Waals surface area (Å²) in [5, 5.41) is 4.08. The first-order chi connectivity index (χ1) is 7.74. The Labute approximate surface area is 95.9 Å². The minimum absolute atomic E-state index is 0.0425. The van der Waals surface area contributed by atoms with Gasteiger partial charge in [0, 0.05) is 25.8 Å². The lowest BCUT2D eigenvalue weighted by Gasteiger charge is -2.19. The molecule has 0 unspecified atom stereocenters. The first-order valence-corrected chi connectivity index (χ1v) is 5.27. The Bertz CT molecular complexity index is 371. The molecule has 0 atom stereocenters. The van der Waals surface area contributed by atoms with E-state index in [2.05, 4.69) is 18.3 Å². The predicted octanol–water partition coefficient (Wildman–Crippen LogP) is 1.72. The van der Waals surface area contributed by atoms with Gasteiger partial charge in [0.05, 0.1) is 0 Å². The minimum Gasteiger partial charge on any atom is -0.330 e. The second-order valence-corrected chi connectivity index (χ2v) is 3.32. The van der Waals surface area contributed by atoms with Crippen LogP contribution >= 0.6 is 0 Å². The van der Waals surface area contributed by atoms with E-state index in [0.29, 0.717) is 25.3 Å². The van der Waals surface area contributed by atoms with E-state index in [0.717, 1.165) is 0 Å². The Hall–Kier alpha value is -1.84. The molecule has 0 saturated heterocycles. The van der Waals surface area contributed by atoms with Crippen molar-refractivity contribution < 1.29 is 4.79 Å². The summed E-state index contributed by atoms with van der Waals surface area (Å²) in [6.45, 7) is 10.9. The minimum atomic E-state index is -0.0425. The van der Waals surface area contributed by atoms with Crippen molar-refractivity contribution in [1.82, 2.24) is 14.7 Å². The van der Waals surface area contributed by atoms with Gasteiger partial charge >= 0.3 is 0 Å². The molecule has 1 aromatic heterocycles. The molecule has 0 fully saturated rings. The van der Waals surface area contributed by atoms with Crippen LogP contribution in [0, 0.1) is 0 Å². The molecule has 0 aliphatic heterocycles. The van der Waals surface area contributed by atoms with E-state index < -0.39 is 0 Å². The van der Waals surface area contributed by atoms with Crippen LogP contribution in [0.3, 0.4) is 0 Å². The molecule has 4 heteroatoms. The SMILES string of the molecule is C=CCN(CC=C)C(=O)c1ccnn1CC. The van der Waals surface area contributed by atoms with Crippen molar-refractivity contribution in [2.45, 2.75) is 13.5 Å². The second-order valence-electron chi connectivity index (χ2n) is 3.32. The fraction of sp³-hybridized carbons (Fsp3) is 0.333. The molecule has 1 rings (SSSR count). The Morgan fingerprint density at radius 1 is 1.50 bits per heavy atom. The first-order valence-electron chi connectivity index (χ1n) is 5.27. The molecule has 1 amide bonds. The summed E-state index contributed by atoms with van der Waals surface area (Å²) < 4.78 is 1.68. The highest BCUT2D eigenvalue weighted by Gasteiger charge is 2.16. The molecule has 4 nitrogen and oxygen atoms in total.